The summed E-state index contributed by atoms with van der Waals surface area (Å²) < 4.78 is 4.95. The number of likely N-dealkylation sites (tertiary alicyclic amines) is 1. The zero-order valence-electron chi connectivity index (χ0n) is 13.8. The molecule has 1 amide bonds. The second-order valence-corrected chi connectivity index (χ2v) is 5.62. The van der Waals surface area contributed by atoms with E-state index in [1.54, 1.807) is 11.8 Å². The lowest BCUT2D eigenvalue weighted by atomic mass is 10.1. The van der Waals surface area contributed by atoms with Gasteiger partial charge >= 0.3 is 5.97 Å². The number of nitrogens with zero attached hydrogens (tertiary/aromatic N) is 2. The first kappa shape index (κ1) is 20.7. The molecular weight excluding hydrogens is 354 g/mol. The zero-order valence-corrected chi connectivity index (χ0v) is 14.6. The van der Waals surface area contributed by atoms with E-state index in [-0.39, 0.29) is 30.3 Å². The van der Waals surface area contributed by atoms with Crippen molar-refractivity contribution in [1.29, 1.82) is 0 Å². The van der Waals surface area contributed by atoms with E-state index in [1.165, 1.54) is 25.3 Å². The van der Waals surface area contributed by atoms with E-state index in [0.717, 1.165) is 0 Å². The van der Waals surface area contributed by atoms with Gasteiger partial charge in [-0.05, 0) is 32.0 Å². The minimum absolute atomic E-state index is 0. The van der Waals surface area contributed by atoms with Crippen LogP contribution in [-0.4, -0.2) is 53.0 Å². The van der Waals surface area contributed by atoms with E-state index in [0.29, 0.717) is 18.7 Å². The van der Waals surface area contributed by atoms with Crippen LogP contribution in [0.1, 0.15) is 13.3 Å². The Kier molecular flexibility index (Phi) is 7.13. The summed E-state index contributed by atoms with van der Waals surface area (Å²) in [6.07, 6.45) is 0.482. The molecule has 2 rings (SSSR count). The lowest BCUT2D eigenvalue weighted by molar-refractivity contribution is -0.384. The number of hydrogen-bond acceptors (Lipinski definition) is 6. The molecule has 138 valence electrons. The highest BCUT2D eigenvalue weighted by Crippen LogP contribution is 2.29. The number of hydrogen-bond donors (Lipinski definition) is 2. The summed E-state index contributed by atoms with van der Waals surface area (Å²) in [6.45, 7) is 2.43. The number of ether oxygens (including phenoxy) is 1. The standard InChI is InChI=1S/C15H19N3O6.ClH/c1-9(17-6-5-10(8-17)15(20)21)14(19)16-12-4-3-11(24-2)7-13(12)18(22)23;/h3-4,7,9-10H,5-6,8H2,1-2H3,(H,16,19)(H,20,21);1H. The van der Waals surface area contributed by atoms with Crippen LogP contribution in [0.4, 0.5) is 11.4 Å². The highest BCUT2D eigenvalue weighted by atomic mass is 35.5. The third-order valence-corrected chi connectivity index (χ3v) is 4.16. The maximum atomic E-state index is 12.4. The second kappa shape index (κ2) is 8.63. The van der Waals surface area contributed by atoms with Crippen LogP contribution in [0.15, 0.2) is 18.2 Å². The quantitative estimate of drug-likeness (QED) is 0.575. The Morgan fingerprint density at radius 1 is 1.48 bits per heavy atom. The van der Waals surface area contributed by atoms with Crippen LogP contribution >= 0.6 is 12.4 Å². The predicted molar refractivity (Wildman–Crippen MR) is 92.3 cm³/mol. The van der Waals surface area contributed by atoms with E-state index in [9.17, 15) is 19.7 Å². The van der Waals surface area contributed by atoms with Gasteiger partial charge < -0.3 is 15.2 Å². The van der Waals surface area contributed by atoms with Crippen molar-refractivity contribution in [3.63, 3.8) is 0 Å². The van der Waals surface area contributed by atoms with E-state index >= 15 is 0 Å². The zero-order chi connectivity index (χ0) is 17.9. The van der Waals surface area contributed by atoms with E-state index in [1.807, 2.05) is 0 Å². The molecule has 0 aromatic heterocycles. The van der Waals surface area contributed by atoms with E-state index < -0.39 is 28.8 Å². The van der Waals surface area contributed by atoms with Crippen LogP contribution in [0, 0.1) is 16.0 Å². The summed E-state index contributed by atoms with van der Waals surface area (Å²) >= 11 is 0. The average molecular weight is 374 g/mol. The molecule has 0 aliphatic carbocycles. The number of nitrogens with one attached hydrogen (secondary N) is 1. The van der Waals surface area contributed by atoms with Crippen molar-refractivity contribution in [2.24, 2.45) is 5.92 Å². The smallest absolute Gasteiger partial charge is 0.307 e. The van der Waals surface area contributed by atoms with Crippen molar-refractivity contribution in [3.05, 3.63) is 28.3 Å². The molecule has 2 unspecified atom stereocenters. The number of rotatable bonds is 6. The van der Waals surface area contributed by atoms with E-state index in [2.05, 4.69) is 5.32 Å². The molecule has 1 fully saturated rings. The number of nitro groups is 1. The summed E-state index contributed by atoms with van der Waals surface area (Å²) in [4.78, 5) is 35.6. The number of halogens is 1. The highest BCUT2D eigenvalue weighted by molar-refractivity contribution is 5.96. The fourth-order valence-corrected chi connectivity index (χ4v) is 2.64. The second-order valence-electron chi connectivity index (χ2n) is 5.62. The molecule has 0 saturated carbocycles. The molecule has 2 atom stereocenters. The number of benzene rings is 1. The van der Waals surface area contributed by atoms with Gasteiger partial charge in [0.15, 0.2) is 0 Å². The van der Waals surface area contributed by atoms with Crippen molar-refractivity contribution in [1.82, 2.24) is 4.90 Å². The van der Waals surface area contributed by atoms with Crippen molar-refractivity contribution >= 4 is 35.7 Å². The summed E-state index contributed by atoms with van der Waals surface area (Å²) in [6, 6.07) is 3.57. The molecule has 0 bridgehead atoms. The third-order valence-electron chi connectivity index (χ3n) is 4.16. The SMILES string of the molecule is COc1ccc(NC(=O)C(C)N2CCC(C(=O)O)C2)c([N+](=O)[O-])c1.Cl. The van der Waals surface area contributed by atoms with Gasteiger partial charge in [0.25, 0.3) is 5.69 Å². The molecule has 10 heteroatoms. The van der Waals surface area contributed by atoms with Gasteiger partial charge in [-0.1, -0.05) is 0 Å². The van der Waals surface area contributed by atoms with Gasteiger partial charge in [-0.25, -0.2) is 0 Å². The Morgan fingerprint density at radius 2 is 2.16 bits per heavy atom. The molecule has 0 spiro atoms. The Hall–Kier alpha value is -2.39. The molecule has 9 nitrogen and oxygen atoms in total. The first-order chi connectivity index (χ1) is 11.3. The fraction of sp³-hybridized carbons (Fsp3) is 0.467. The predicted octanol–water partition coefficient (Wildman–Crippen LogP) is 1.76. The number of carbonyl (C=O) groups is 2. The number of amides is 1. The van der Waals surface area contributed by atoms with Gasteiger partial charge in [0.2, 0.25) is 5.91 Å². The Bertz CT molecular complexity index is 669. The van der Waals surface area contributed by atoms with Gasteiger partial charge in [-0.3, -0.25) is 24.6 Å². The monoisotopic (exact) mass is 373 g/mol. The molecule has 1 aromatic carbocycles. The third kappa shape index (κ3) is 4.80. The Balaban J connectivity index is 0.00000312. The van der Waals surface area contributed by atoms with Gasteiger partial charge in [0.05, 0.1) is 30.1 Å². The molecule has 0 radical (unpaired) electrons. The fourth-order valence-electron chi connectivity index (χ4n) is 2.64. The van der Waals surface area contributed by atoms with Crippen LogP contribution in [-0.2, 0) is 9.59 Å². The largest absolute Gasteiger partial charge is 0.496 e. The van der Waals surface area contributed by atoms with Gasteiger partial charge in [-0.2, -0.15) is 0 Å². The lowest BCUT2D eigenvalue weighted by Gasteiger charge is -2.23. The first-order valence-electron chi connectivity index (χ1n) is 7.43. The van der Waals surface area contributed by atoms with Crippen LogP contribution in [0.3, 0.4) is 0 Å². The molecule has 25 heavy (non-hydrogen) atoms. The Morgan fingerprint density at radius 3 is 2.68 bits per heavy atom. The summed E-state index contributed by atoms with van der Waals surface area (Å²) in [5.41, 5.74) is -0.189. The van der Waals surface area contributed by atoms with Crippen LogP contribution in [0.2, 0.25) is 0 Å². The Labute approximate surface area is 150 Å². The number of nitro benzene ring substituents is 1. The molecule has 1 aliphatic rings. The molecule has 1 saturated heterocycles. The van der Waals surface area contributed by atoms with Crippen LogP contribution in [0.25, 0.3) is 0 Å². The molecule has 2 N–H and O–H groups in total. The topological polar surface area (TPSA) is 122 Å². The first-order valence-corrected chi connectivity index (χ1v) is 7.43. The molecular formula is C15H20ClN3O6. The molecule has 1 aromatic rings. The minimum Gasteiger partial charge on any atom is -0.496 e. The van der Waals surface area contributed by atoms with Crippen molar-refractivity contribution < 1.29 is 24.4 Å². The number of carboxylic acid groups (broad SMARTS) is 1. The summed E-state index contributed by atoms with van der Waals surface area (Å²) in [5, 5.41) is 22.7. The van der Waals surface area contributed by atoms with Crippen LogP contribution < -0.4 is 10.1 Å². The number of carbonyl (C=O) groups excluding carboxylic acids is 1. The van der Waals surface area contributed by atoms with Crippen LogP contribution in [0.5, 0.6) is 5.75 Å². The lowest BCUT2D eigenvalue weighted by Crippen LogP contribution is -2.41. The highest BCUT2D eigenvalue weighted by Gasteiger charge is 2.33. The van der Waals surface area contributed by atoms with Crippen molar-refractivity contribution in [2.75, 3.05) is 25.5 Å². The van der Waals surface area contributed by atoms with E-state index in [4.69, 9.17) is 9.84 Å². The van der Waals surface area contributed by atoms with Crippen molar-refractivity contribution in [3.8, 4) is 5.75 Å². The number of anilines is 1. The minimum atomic E-state index is -0.879. The van der Waals surface area contributed by atoms with Crippen molar-refractivity contribution in [2.45, 2.75) is 19.4 Å². The number of carboxylic acids is 1. The normalized spacial score (nSPS) is 18.1. The number of aliphatic carboxylic acids is 1. The maximum Gasteiger partial charge on any atom is 0.307 e. The summed E-state index contributed by atoms with van der Waals surface area (Å²) in [7, 11) is 1.39. The van der Waals surface area contributed by atoms with Gasteiger partial charge in [-0.15, -0.1) is 12.4 Å². The summed E-state index contributed by atoms with van der Waals surface area (Å²) in [5.74, 6) is -1.47. The molecule has 1 heterocycles. The number of methoxy groups -OCH3 is 1. The average Bonchev–Trinajstić information content (AvgIpc) is 3.04. The van der Waals surface area contributed by atoms with Gasteiger partial charge in [0, 0.05) is 6.54 Å². The molecule has 1 aliphatic heterocycles. The maximum absolute atomic E-state index is 12.4. The van der Waals surface area contributed by atoms with Gasteiger partial charge in [0.1, 0.15) is 11.4 Å².